The summed E-state index contributed by atoms with van der Waals surface area (Å²) in [6.45, 7) is 8.38. The molecule has 96 valence electrons. The first kappa shape index (κ1) is 13.7. The van der Waals surface area contributed by atoms with Crippen molar-refractivity contribution in [2.24, 2.45) is 12.5 Å². The summed E-state index contributed by atoms with van der Waals surface area (Å²) in [6, 6.07) is 0.00949. The smallest absolute Gasteiger partial charge is 0.220 e. The summed E-state index contributed by atoms with van der Waals surface area (Å²) < 4.78 is 1.76. The van der Waals surface area contributed by atoms with Crippen molar-refractivity contribution in [3.63, 3.8) is 0 Å². The maximum Gasteiger partial charge on any atom is 0.220 e. The maximum atomic E-state index is 11.7. The fourth-order valence-corrected chi connectivity index (χ4v) is 1.85. The number of nitrogens with one attached hydrogen (secondary N) is 1. The lowest BCUT2D eigenvalue weighted by Crippen LogP contribution is -2.36. The van der Waals surface area contributed by atoms with E-state index >= 15 is 0 Å². The van der Waals surface area contributed by atoms with E-state index in [0.717, 1.165) is 12.0 Å². The molecular weight excluding hydrogens is 214 g/mol. The highest BCUT2D eigenvalue weighted by Crippen LogP contribution is 2.32. The second-order valence-electron chi connectivity index (χ2n) is 5.56. The molecule has 0 aromatic carbocycles. The molecule has 0 radical (unpaired) electrons. The van der Waals surface area contributed by atoms with E-state index in [2.05, 4.69) is 31.2 Å². The molecule has 1 atom stereocenters. The highest BCUT2D eigenvalue weighted by atomic mass is 16.1. The van der Waals surface area contributed by atoms with E-state index in [0.29, 0.717) is 6.42 Å². The molecule has 1 rings (SSSR count). The standard InChI is InChI=1S/C13H23N3O/c1-6-7-11(17)15-12(13(2,3)4)10-8-14-16(5)9-10/h8-9,12H,6-7H2,1-5H3,(H,15,17)/t12-/m1/s1. The lowest BCUT2D eigenvalue weighted by molar-refractivity contribution is -0.122. The topological polar surface area (TPSA) is 46.9 Å². The highest BCUT2D eigenvalue weighted by molar-refractivity contribution is 5.76. The number of aryl methyl sites for hydroxylation is 1. The van der Waals surface area contributed by atoms with Gasteiger partial charge in [0, 0.05) is 25.2 Å². The van der Waals surface area contributed by atoms with Crippen molar-refractivity contribution in [2.75, 3.05) is 0 Å². The van der Waals surface area contributed by atoms with E-state index in [-0.39, 0.29) is 17.4 Å². The van der Waals surface area contributed by atoms with Crippen molar-refractivity contribution in [1.82, 2.24) is 15.1 Å². The molecule has 1 amide bonds. The van der Waals surface area contributed by atoms with Crippen molar-refractivity contribution in [1.29, 1.82) is 0 Å². The van der Waals surface area contributed by atoms with E-state index in [4.69, 9.17) is 0 Å². The fraction of sp³-hybridized carbons (Fsp3) is 0.692. The van der Waals surface area contributed by atoms with Gasteiger partial charge in [-0.1, -0.05) is 27.7 Å². The quantitative estimate of drug-likeness (QED) is 0.874. The SMILES string of the molecule is CCCC(=O)N[C@H](c1cnn(C)c1)C(C)(C)C. The van der Waals surface area contributed by atoms with Crippen LogP contribution in [-0.4, -0.2) is 15.7 Å². The van der Waals surface area contributed by atoms with Crippen LogP contribution >= 0.6 is 0 Å². The van der Waals surface area contributed by atoms with Gasteiger partial charge in [-0.25, -0.2) is 0 Å². The van der Waals surface area contributed by atoms with Crippen LogP contribution in [0.3, 0.4) is 0 Å². The third-order valence-electron chi connectivity index (χ3n) is 2.71. The van der Waals surface area contributed by atoms with Gasteiger partial charge in [-0.05, 0) is 11.8 Å². The van der Waals surface area contributed by atoms with Crippen LogP contribution in [0.15, 0.2) is 12.4 Å². The number of rotatable bonds is 4. The van der Waals surface area contributed by atoms with Crippen LogP contribution in [0.1, 0.15) is 52.1 Å². The highest BCUT2D eigenvalue weighted by Gasteiger charge is 2.28. The summed E-state index contributed by atoms with van der Waals surface area (Å²) in [7, 11) is 1.89. The molecule has 0 saturated heterocycles. The van der Waals surface area contributed by atoms with Gasteiger partial charge in [-0.15, -0.1) is 0 Å². The van der Waals surface area contributed by atoms with Crippen molar-refractivity contribution < 1.29 is 4.79 Å². The Morgan fingerprint density at radius 1 is 1.53 bits per heavy atom. The van der Waals surface area contributed by atoms with E-state index < -0.39 is 0 Å². The van der Waals surface area contributed by atoms with Crippen molar-refractivity contribution in [2.45, 2.75) is 46.6 Å². The van der Waals surface area contributed by atoms with Crippen molar-refractivity contribution in [3.8, 4) is 0 Å². The van der Waals surface area contributed by atoms with E-state index in [1.54, 1.807) is 4.68 Å². The molecule has 0 aliphatic carbocycles. The Balaban J connectivity index is 2.86. The summed E-state index contributed by atoms with van der Waals surface area (Å²) in [5, 5.41) is 7.26. The van der Waals surface area contributed by atoms with Gasteiger partial charge in [0.05, 0.1) is 12.2 Å². The minimum Gasteiger partial charge on any atom is -0.349 e. The van der Waals surface area contributed by atoms with Gasteiger partial charge in [0.15, 0.2) is 0 Å². The van der Waals surface area contributed by atoms with Gasteiger partial charge in [-0.3, -0.25) is 9.48 Å². The first-order valence-corrected chi connectivity index (χ1v) is 6.12. The molecule has 1 aromatic heterocycles. The van der Waals surface area contributed by atoms with Gasteiger partial charge in [0.1, 0.15) is 0 Å². The van der Waals surface area contributed by atoms with Crippen LogP contribution in [-0.2, 0) is 11.8 Å². The Bertz CT molecular complexity index is 376. The second-order valence-corrected chi connectivity index (χ2v) is 5.56. The Morgan fingerprint density at radius 2 is 2.18 bits per heavy atom. The predicted molar refractivity (Wildman–Crippen MR) is 68.5 cm³/mol. The Kier molecular flexibility index (Phi) is 4.32. The summed E-state index contributed by atoms with van der Waals surface area (Å²) in [5.41, 5.74) is 1.04. The molecule has 0 saturated carbocycles. The number of carbonyl (C=O) groups excluding carboxylic acids is 1. The zero-order chi connectivity index (χ0) is 13.1. The summed E-state index contributed by atoms with van der Waals surface area (Å²) >= 11 is 0. The largest absolute Gasteiger partial charge is 0.349 e. The lowest BCUT2D eigenvalue weighted by atomic mass is 9.83. The minimum absolute atomic E-state index is 0.00949. The van der Waals surface area contributed by atoms with Crippen LogP contribution in [0, 0.1) is 5.41 Å². The van der Waals surface area contributed by atoms with Crippen LogP contribution < -0.4 is 5.32 Å². The fourth-order valence-electron chi connectivity index (χ4n) is 1.85. The number of hydrogen-bond acceptors (Lipinski definition) is 2. The zero-order valence-electron chi connectivity index (χ0n) is 11.4. The van der Waals surface area contributed by atoms with E-state index in [9.17, 15) is 4.79 Å². The number of amides is 1. The predicted octanol–water partition coefficient (Wildman–Crippen LogP) is 2.42. The molecule has 1 aromatic rings. The van der Waals surface area contributed by atoms with Gasteiger partial charge in [0.25, 0.3) is 0 Å². The van der Waals surface area contributed by atoms with E-state index in [1.165, 1.54) is 0 Å². The van der Waals surface area contributed by atoms with E-state index in [1.807, 2.05) is 26.4 Å². The average Bonchev–Trinajstić information content (AvgIpc) is 2.59. The summed E-state index contributed by atoms with van der Waals surface area (Å²) in [6.07, 6.45) is 5.23. The Hall–Kier alpha value is -1.32. The third-order valence-corrected chi connectivity index (χ3v) is 2.71. The molecule has 0 fully saturated rings. The molecule has 0 aliphatic rings. The van der Waals surface area contributed by atoms with Gasteiger partial charge in [-0.2, -0.15) is 5.10 Å². The summed E-state index contributed by atoms with van der Waals surface area (Å²) in [5.74, 6) is 0.108. The van der Waals surface area contributed by atoms with Crippen molar-refractivity contribution >= 4 is 5.91 Å². The molecular formula is C13H23N3O. The molecule has 0 unspecified atom stereocenters. The van der Waals surface area contributed by atoms with Crippen LogP contribution in [0.4, 0.5) is 0 Å². The lowest BCUT2D eigenvalue weighted by Gasteiger charge is -2.30. The minimum atomic E-state index is -0.0214. The maximum absolute atomic E-state index is 11.7. The van der Waals surface area contributed by atoms with Crippen LogP contribution in [0.25, 0.3) is 0 Å². The summed E-state index contributed by atoms with van der Waals surface area (Å²) in [4.78, 5) is 11.7. The number of hydrogen-bond donors (Lipinski definition) is 1. The molecule has 4 nitrogen and oxygen atoms in total. The normalized spacial score (nSPS) is 13.5. The molecule has 0 spiro atoms. The number of carbonyl (C=O) groups is 1. The molecule has 4 heteroatoms. The Morgan fingerprint density at radius 3 is 2.59 bits per heavy atom. The number of aromatic nitrogens is 2. The van der Waals surface area contributed by atoms with Crippen LogP contribution in [0.5, 0.6) is 0 Å². The third kappa shape index (κ3) is 3.88. The van der Waals surface area contributed by atoms with Crippen LogP contribution in [0.2, 0.25) is 0 Å². The molecule has 1 heterocycles. The van der Waals surface area contributed by atoms with Crippen molar-refractivity contribution in [3.05, 3.63) is 18.0 Å². The molecule has 0 aliphatic heterocycles. The van der Waals surface area contributed by atoms with Gasteiger partial charge < -0.3 is 5.32 Å². The van der Waals surface area contributed by atoms with Gasteiger partial charge in [0.2, 0.25) is 5.91 Å². The first-order valence-electron chi connectivity index (χ1n) is 6.12. The Labute approximate surface area is 103 Å². The first-order chi connectivity index (χ1) is 7.84. The second kappa shape index (κ2) is 5.34. The number of nitrogens with zero attached hydrogens (tertiary/aromatic N) is 2. The molecule has 1 N–H and O–H groups in total. The average molecular weight is 237 g/mol. The molecule has 17 heavy (non-hydrogen) atoms. The van der Waals surface area contributed by atoms with Gasteiger partial charge >= 0.3 is 0 Å². The zero-order valence-corrected chi connectivity index (χ0v) is 11.4. The molecule has 0 bridgehead atoms. The monoisotopic (exact) mass is 237 g/mol.